The third kappa shape index (κ3) is 5.05. The number of aromatic nitrogens is 4. The Balaban J connectivity index is 1.71. The van der Waals surface area contributed by atoms with Gasteiger partial charge in [0.2, 0.25) is 0 Å². The molecule has 3 aromatic heterocycles. The number of rotatable bonds is 5. The molecule has 5 rings (SSSR count). The van der Waals surface area contributed by atoms with Gasteiger partial charge in [-0.15, -0.1) is 5.10 Å². The van der Waals surface area contributed by atoms with E-state index in [2.05, 4.69) is 49.1 Å². The highest BCUT2D eigenvalue weighted by Crippen LogP contribution is 2.37. The topological polar surface area (TPSA) is 46.8 Å². The van der Waals surface area contributed by atoms with E-state index in [9.17, 15) is 8.78 Å². The van der Waals surface area contributed by atoms with Crippen LogP contribution >= 0.6 is 0 Å². The zero-order valence-corrected chi connectivity index (χ0v) is 22.1. The van der Waals surface area contributed by atoms with Crippen molar-refractivity contribution >= 4 is 17.3 Å². The molecule has 0 saturated heterocycles. The van der Waals surface area contributed by atoms with E-state index < -0.39 is 11.6 Å². The average molecular weight is 510 g/mol. The van der Waals surface area contributed by atoms with Crippen molar-refractivity contribution in [3.05, 3.63) is 114 Å². The summed E-state index contributed by atoms with van der Waals surface area (Å²) in [5, 5.41) is 4.68. The fourth-order valence-corrected chi connectivity index (χ4v) is 4.35. The van der Waals surface area contributed by atoms with Gasteiger partial charge in [0.15, 0.2) is 11.6 Å². The Morgan fingerprint density at radius 1 is 0.789 bits per heavy atom. The smallest absolute Gasteiger partial charge is 0.161 e. The normalized spacial score (nSPS) is 11.6. The molecule has 38 heavy (non-hydrogen) atoms. The lowest BCUT2D eigenvalue weighted by Gasteiger charge is -2.26. The van der Waals surface area contributed by atoms with Crippen LogP contribution in [0.3, 0.4) is 0 Å². The number of pyridine rings is 2. The fourth-order valence-electron chi connectivity index (χ4n) is 4.35. The predicted octanol–water partition coefficient (Wildman–Crippen LogP) is 7.99. The van der Waals surface area contributed by atoms with Crippen molar-refractivity contribution in [2.24, 2.45) is 0 Å². The Bertz CT molecular complexity index is 1600. The van der Waals surface area contributed by atoms with Crippen molar-refractivity contribution in [1.82, 2.24) is 19.7 Å². The first kappa shape index (κ1) is 25.3. The molecule has 3 heterocycles. The molecule has 0 radical (unpaired) electrons. The number of anilines is 3. The van der Waals surface area contributed by atoms with Gasteiger partial charge in [-0.05, 0) is 73.4 Å². The van der Waals surface area contributed by atoms with Crippen molar-refractivity contribution in [2.75, 3.05) is 4.90 Å². The molecule has 0 aliphatic carbocycles. The van der Waals surface area contributed by atoms with Crippen LogP contribution in [0.25, 0.3) is 16.9 Å². The highest BCUT2D eigenvalue weighted by Gasteiger charge is 2.23. The van der Waals surface area contributed by atoms with Crippen LogP contribution in [0.4, 0.5) is 26.1 Å². The third-order valence-corrected chi connectivity index (χ3v) is 6.38. The van der Waals surface area contributed by atoms with Gasteiger partial charge in [0.05, 0.1) is 5.69 Å². The number of para-hydroxylation sites is 1. The molecule has 0 bridgehead atoms. The third-order valence-electron chi connectivity index (χ3n) is 6.38. The number of benzene rings is 2. The van der Waals surface area contributed by atoms with E-state index in [1.807, 2.05) is 55.1 Å². The van der Waals surface area contributed by atoms with E-state index in [0.29, 0.717) is 11.6 Å². The van der Waals surface area contributed by atoms with Gasteiger partial charge in [0, 0.05) is 41.0 Å². The molecule has 7 heteroatoms. The Kier molecular flexibility index (Phi) is 6.53. The van der Waals surface area contributed by atoms with E-state index in [-0.39, 0.29) is 11.1 Å². The first-order valence-corrected chi connectivity index (χ1v) is 12.4. The van der Waals surface area contributed by atoms with E-state index in [4.69, 9.17) is 4.98 Å². The number of hydrogen-bond acceptors (Lipinski definition) is 4. The molecule has 0 N–H and O–H groups in total. The van der Waals surface area contributed by atoms with Gasteiger partial charge in [-0.2, -0.15) is 0 Å². The van der Waals surface area contributed by atoms with Crippen LogP contribution < -0.4 is 4.90 Å². The maximum atomic E-state index is 14.6. The highest BCUT2D eigenvalue weighted by atomic mass is 19.1. The molecule has 0 amide bonds. The minimum absolute atomic E-state index is 0.155. The molecule has 0 spiro atoms. The van der Waals surface area contributed by atoms with Gasteiger partial charge in [-0.3, -0.25) is 9.88 Å². The lowest BCUT2D eigenvalue weighted by Crippen LogP contribution is -2.17. The standard InChI is InChI=1S/C31H29F2N5/c1-20-11-13-25(21(2)34-20)27-17-22(31(3,4)5)18-30(35-27)38(24-9-7-6-8-10-24)29-15-16-37(36-29)28-14-12-23(32)19-26(28)33/h6-19H,1-5H3. The van der Waals surface area contributed by atoms with Crippen molar-refractivity contribution in [2.45, 2.75) is 40.0 Å². The molecule has 5 nitrogen and oxygen atoms in total. The van der Waals surface area contributed by atoms with Crippen LogP contribution in [0.5, 0.6) is 0 Å². The van der Waals surface area contributed by atoms with Crippen molar-refractivity contribution in [3.63, 3.8) is 0 Å². The molecule has 192 valence electrons. The predicted molar refractivity (Wildman–Crippen MR) is 147 cm³/mol. The summed E-state index contributed by atoms with van der Waals surface area (Å²) in [6, 6.07) is 23.2. The van der Waals surface area contributed by atoms with Crippen LogP contribution in [-0.4, -0.2) is 19.7 Å². The Morgan fingerprint density at radius 2 is 1.55 bits per heavy atom. The summed E-state index contributed by atoms with van der Waals surface area (Å²) in [5.41, 5.74) is 5.56. The zero-order valence-electron chi connectivity index (χ0n) is 22.1. The summed E-state index contributed by atoms with van der Waals surface area (Å²) < 4.78 is 29.5. The molecule has 0 aliphatic rings. The van der Waals surface area contributed by atoms with Crippen LogP contribution in [0.2, 0.25) is 0 Å². The minimum atomic E-state index is -0.691. The monoisotopic (exact) mass is 509 g/mol. The molecular formula is C31H29F2N5. The van der Waals surface area contributed by atoms with Gasteiger partial charge < -0.3 is 0 Å². The molecule has 0 atom stereocenters. The SMILES string of the molecule is Cc1ccc(-c2cc(C(C)(C)C)cc(N(c3ccccc3)c3ccn(-c4ccc(F)cc4F)n3)n2)c(C)n1. The number of aryl methyl sites for hydroxylation is 2. The molecular weight excluding hydrogens is 480 g/mol. The summed E-state index contributed by atoms with van der Waals surface area (Å²) in [5.74, 6) is -0.115. The number of hydrogen-bond donors (Lipinski definition) is 0. The second-order valence-electron chi connectivity index (χ2n) is 10.3. The quantitative estimate of drug-likeness (QED) is 0.241. The Morgan fingerprint density at radius 3 is 2.24 bits per heavy atom. The highest BCUT2D eigenvalue weighted by molar-refractivity contribution is 5.75. The molecule has 5 aromatic rings. The molecule has 0 saturated carbocycles. The molecule has 0 fully saturated rings. The summed E-state index contributed by atoms with van der Waals surface area (Å²) in [6.07, 6.45) is 1.66. The van der Waals surface area contributed by atoms with Crippen molar-refractivity contribution in [3.8, 4) is 16.9 Å². The second-order valence-corrected chi connectivity index (χ2v) is 10.3. The van der Waals surface area contributed by atoms with Crippen LogP contribution in [0, 0.1) is 25.5 Å². The lowest BCUT2D eigenvalue weighted by molar-refractivity contribution is 0.573. The van der Waals surface area contributed by atoms with Crippen LogP contribution in [-0.2, 0) is 5.41 Å². The van der Waals surface area contributed by atoms with Gasteiger partial charge >= 0.3 is 0 Å². The van der Waals surface area contributed by atoms with Crippen molar-refractivity contribution < 1.29 is 8.78 Å². The largest absolute Gasteiger partial charge is 0.278 e. The summed E-state index contributed by atoms with van der Waals surface area (Å²) in [7, 11) is 0. The van der Waals surface area contributed by atoms with E-state index in [1.54, 1.807) is 12.3 Å². The van der Waals surface area contributed by atoms with E-state index in [1.165, 1.54) is 16.8 Å². The van der Waals surface area contributed by atoms with Crippen molar-refractivity contribution in [1.29, 1.82) is 0 Å². The number of nitrogens with zero attached hydrogens (tertiary/aromatic N) is 5. The molecule has 0 unspecified atom stereocenters. The van der Waals surface area contributed by atoms with Gasteiger partial charge in [0.1, 0.15) is 17.3 Å². The van der Waals surface area contributed by atoms with E-state index in [0.717, 1.165) is 40.0 Å². The average Bonchev–Trinajstić information content (AvgIpc) is 3.33. The van der Waals surface area contributed by atoms with Gasteiger partial charge in [0.25, 0.3) is 0 Å². The Labute approximate surface area is 221 Å². The van der Waals surface area contributed by atoms with Crippen LogP contribution in [0.1, 0.15) is 37.7 Å². The van der Waals surface area contributed by atoms with Gasteiger partial charge in [-0.25, -0.2) is 18.4 Å². The summed E-state index contributed by atoms with van der Waals surface area (Å²) in [4.78, 5) is 11.7. The summed E-state index contributed by atoms with van der Waals surface area (Å²) in [6.45, 7) is 10.4. The van der Waals surface area contributed by atoms with Crippen LogP contribution in [0.15, 0.2) is 85.1 Å². The number of halogens is 2. The Hall–Kier alpha value is -4.39. The van der Waals surface area contributed by atoms with Gasteiger partial charge in [-0.1, -0.05) is 39.0 Å². The maximum absolute atomic E-state index is 14.6. The summed E-state index contributed by atoms with van der Waals surface area (Å²) >= 11 is 0. The molecule has 0 aliphatic heterocycles. The first-order valence-electron chi connectivity index (χ1n) is 12.4. The minimum Gasteiger partial charge on any atom is -0.278 e. The first-order chi connectivity index (χ1) is 18.1. The second kappa shape index (κ2) is 9.82. The zero-order chi connectivity index (χ0) is 27.0. The fraction of sp³-hybridized carbons (Fsp3) is 0.194. The van der Waals surface area contributed by atoms with E-state index >= 15 is 0 Å². The maximum Gasteiger partial charge on any atom is 0.161 e. The molecule has 2 aromatic carbocycles. The lowest BCUT2D eigenvalue weighted by atomic mass is 9.86.